The van der Waals surface area contributed by atoms with Crippen LogP contribution in [0.2, 0.25) is 0 Å². The number of pyridine rings is 1. The number of allylic oxidation sites excluding steroid dienone is 2. The minimum atomic E-state index is -2.89. The molecular formula is C19H20F3N5. The van der Waals surface area contributed by atoms with Gasteiger partial charge in [-0.25, -0.2) is 18.2 Å². The molecule has 142 valence electrons. The minimum Gasteiger partial charge on any atom is -0.398 e. The number of nitrogens with one attached hydrogen (secondary N) is 1. The number of fused-ring (bicyclic) bond motifs is 3. The average molecular weight is 375 g/mol. The number of aliphatic imine (C=N–C) groups is 1. The number of nitrogens with two attached hydrogens (primary N) is 2. The summed E-state index contributed by atoms with van der Waals surface area (Å²) in [6.07, 6.45) is 2.36. The van der Waals surface area contributed by atoms with Gasteiger partial charge in [-0.3, -0.25) is 4.99 Å². The fourth-order valence-corrected chi connectivity index (χ4v) is 3.61. The van der Waals surface area contributed by atoms with Gasteiger partial charge in [-0.05, 0) is 42.9 Å². The summed E-state index contributed by atoms with van der Waals surface area (Å²) in [6.45, 7) is 0. The number of hydrogen-bond acceptors (Lipinski definition) is 5. The summed E-state index contributed by atoms with van der Waals surface area (Å²) in [6, 6.07) is 1.10. The molecule has 0 radical (unpaired) electrons. The Labute approximate surface area is 154 Å². The lowest BCUT2D eigenvalue weighted by molar-refractivity contribution is 0.189. The zero-order valence-corrected chi connectivity index (χ0v) is 14.8. The molecule has 0 saturated heterocycles. The third kappa shape index (κ3) is 3.15. The number of benzene rings is 1. The van der Waals surface area contributed by atoms with E-state index in [1.165, 1.54) is 13.3 Å². The second kappa shape index (κ2) is 7.38. The van der Waals surface area contributed by atoms with Gasteiger partial charge in [-0.2, -0.15) is 0 Å². The smallest absolute Gasteiger partial charge is 0.278 e. The van der Waals surface area contributed by atoms with Crippen LogP contribution in [0.1, 0.15) is 35.2 Å². The molecule has 2 aromatic rings. The molecule has 0 unspecified atom stereocenters. The van der Waals surface area contributed by atoms with Crippen molar-refractivity contribution in [2.75, 3.05) is 12.8 Å². The molecule has 0 spiro atoms. The first-order valence-electron chi connectivity index (χ1n) is 8.54. The van der Waals surface area contributed by atoms with Gasteiger partial charge in [0.2, 0.25) is 0 Å². The van der Waals surface area contributed by atoms with Gasteiger partial charge >= 0.3 is 0 Å². The summed E-state index contributed by atoms with van der Waals surface area (Å²) >= 11 is 0. The summed E-state index contributed by atoms with van der Waals surface area (Å²) in [5, 5.41) is 8.15. The molecule has 1 aromatic carbocycles. The first kappa shape index (κ1) is 18.9. The zero-order chi connectivity index (χ0) is 19.7. The van der Waals surface area contributed by atoms with Crippen LogP contribution in [0.15, 0.2) is 16.8 Å². The van der Waals surface area contributed by atoms with Gasteiger partial charge in [0.15, 0.2) is 5.82 Å². The highest BCUT2D eigenvalue weighted by molar-refractivity contribution is 6.12. The number of anilines is 1. The Morgan fingerprint density at radius 1 is 1.30 bits per heavy atom. The first-order chi connectivity index (χ1) is 12.9. The Balaban J connectivity index is 2.49. The van der Waals surface area contributed by atoms with E-state index in [4.69, 9.17) is 16.9 Å². The van der Waals surface area contributed by atoms with Gasteiger partial charge in [0.25, 0.3) is 6.43 Å². The van der Waals surface area contributed by atoms with E-state index in [2.05, 4.69) is 9.98 Å². The maximum Gasteiger partial charge on any atom is 0.278 e. The van der Waals surface area contributed by atoms with E-state index in [1.54, 1.807) is 0 Å². The normalized spacial score (nSPS) is 15.3. The molecule has 5 N–H and O–H groups in total. The van der Waals surface area contributed by atoms with Crippen molar-refractivity contribution in [3.05, 3.63) is 40.0 Å². The largest absolute Gasteiger partial charge is 0.398 e. The van der Waals surface area contributed by atoms with Crippen LogP contribution in [-0.4, -0.2) is 30.9 Å². The number of rotatable bonds is 4. The second-order valence-electron chi connectivity index (χ2n) is 6.41. The Morgan fingerprint density at radius 2 is 1.96 bits per heavy atom. The maximum absolute atomic E-state index is 14.7. The van der Waals surface area contributed by atoms with Crippen LogP contribution in [0.4, 0.5) is 18.9 Å². The number of hydrogen-bond donors (Lipinski definition) is 3. The standard InChI is InChI=1S/C19H20F3N5/c1-26-8-12(16(25)19(21)22)17-10-5-3-2-4-9(10)15-11(7-23)14(24)6-13(20)18(15)27-17/h6-8,19,23H,2-5,24-25H2,1H3. The number of nitrogen functional groups attached to an aromatic ring is 1. The molecule has 3 rings (SSSR count). The molecule has 0 aliphatic heterocycles. The van der Waals surface area contributed by atoms with Crippen LogP contribution in [0.3, 0.4) is 0 Å². The van der Waals surface area contributed by atoms with E-state index in [0.717, 1.165) is 36.2 Å². The molecule has 0 fully saturated rings. The topological polar surface area (TPSA) is 101 Å². The molecule has 0 amide bonds. The van der Waals surface area contributed by atoms with Crippen LogP contribution in [0.5, 0.6) is 0 Å². The quantitative estimate of drug-likeness (QED) is 0.563. The Hall–Kier alpha value is -2.90. The van der Waals surface area contributed by atoms with E-state index in [0.29, 0.717) is 23.8 Å². The van der Waals surface area contributed by atoms with Crippen molar-refractivity contribution in [1.29, 1.82) is 5.41 Å². The van der Waals surface area contributed by atoms with Crippen LogP contribution in [0, 0.1) is 11.2 Å². The van der Waals surface area contributed by atoms with Gasteiger partial charge < -0.3 is 16.9 Å². The summed E-state index contributed by atoms with van der Waals surface area (Å²) in [5.41, 5.74) is 13.2. The van der Waals surface area contributed by atoms with E-state index in [-0.39, 0.29) is 22.5 Å². The highest BCUT2D eigenvalue weighted by atomic mass is 19.3. The van der Waals surface area contributed by atoms with Crippen molar-refractivity contribution in [2.24, 2.45) is 10.7 Å². The summed E-state index contributed by atoms with van der Waals surface area (Å²) in [7, 11) is 1.45. The maximum atomic E-state index is 14.7. The van der Waals surface area contributed by atoms with Crippen molar-refractivity contribution >= 4 is 34.6 Å². The van der Waals surface area contributed by atoms with Gasteiger partial charge in [-0.15, -0.1) is 0 Å². The third-order valence-corrected chi connectivity index (χ3v) is 4.81. The molecule has 5 nitrogen and oxygen atoms in total. The number of aryl methyl sites for hydroxylation is 1. The molecule has 0 saturated carbocycles. The fourth-order valence-electron chi connectivity index (χ4n) is 3.61. The number of halogens is 3. The summed E-state index contributed by atoms with van der Waals surface area (Å²) in [5.74, 6) is -0.661. The molecule has 1 aliphatic rings. The summed E-state index contributed by atoms with van der Waals surface area (Å²) < 4.78 is 41.3. The molecule has 1 aliphatic carbocycles. The first-order valence-corrected chi connectivity index (χ1v) is 8.54. The fraction of sp³-hybridized carbons (Fsp3) is 0.316. The second-order valence-corrected chi connectivity index (χ2v) is 6.41. The Morgan fingerprint density at radius 3 is 2.56 bits per heavy atom. The van der Waals surface area contributed by atoms with E-state index in [1.807, 2.05) is 0 Å². The van der Waals surface area contributed by atoms with E-state index < -0.39 is 17.9 Å². The van der Waals surface area contributed by atoms with Gasteiger partial charge in [0, 0.05) is 41.7 Å². The highest BCUT2D eigenvalue weighted by Gasteiger charge is 2.26. The van der Waals surface area contributed by atoms with Crippen LogP contribution >= 0.6 is 0 Å². The van der Waals surface area contributed by atoms with Gasteiger partial charge in [0.05, 0.1) is 11.4 Å². The molecule has 27 heavy (non-hydrogen) atoms. The molecule has 0 bridgehead atoms. The Bertz CT molecular complexity index is 979. The predicted octanol–water partition coefficient (Wildman–Crippen LogP) is 3.47. The molecule has 0 atom stereocenters. The zero-order valence-electron chi connectivity index (χ0n) is 14.8. The molecular weight excluding hydrogens is 355 g/mol. The van der Waals surface area contributed by atoms with E-state index in [9.17, 15) is 13.2 Å². The number of nitrogens with zero attached hydrogens (tertiary/aromatic N) is 2. The van der Waals surface area contributed by atoms with Crippen molar-refractivity contribution in [3.63, 3.8) is 0 Å². The van der Waals surface area contributed by atoms with Crippen molar-refractivity contribution in [3.8, 4) is 0 Å². The molecule has 8 heteroatoms. The lowest BCUT2D eigenvalue weighted by Gasteiger charge is -2.23. The number of aromatic nitrogens is 1. The van der Waals surface area contributed by atoms with Gasteiger partial charge in [0.1, 0.15) is 5.52 Å². The van der Waals surface area contributed by atoms with Crippen LogP contribution in [-0.2, 0) is 12.8 Å². The lowest BCUT2D eigenvalue weighted by atomic mass is 9.84. The predicted molar refractivity (Wildman–Crippen MR) is 102 cm³/mol. The van der Waals surface area contributed by atoms with Crippen molar-refractivity contribution in [2.45, 2.75) is 32.1 Å². The van der Waals surface area contributed by atoms with Crippen molar-refractivity contribution < 1.29 is 13.2 Å². The minimum absolute atomic E-state index is 0.000165. The Kier molecular flexibility index (Phi) is 5.16. The lowest BCUT2D eigenvalue weighted by Crippen LogP contribution is -2.17. The highest BCUT2D eigenvalue weighted by Crippen LogP contribution is 2.37. The van der Waals surface area contributed by atoms with Crippen molar-refractivity contribution in [1.82, 2.24) is 4.98 Å². The van der Waals surface area contributed by atoms with Crippen LogP contribution in [0.25, 0.3) is 16.5 Å². The van der Waals surface area contributed by atoms with Gasteiger partial charge in [-0.1, -0.05) is 0 Å². The number of alkyl halides is 2. The third-order valence-electron chi connectivity index (χ3n) is 4.81. The SMILES string of the molecule is CN=CC(=C(N)C(F)F)c1nc2c(F)cc(N)c(C=N)c2c2c1CCCC2. The van der Waals surface area contributed by atoms with E-state index >= 15 is 0 Å². The summed E-state index contributed by atoms with van der Waals surface area (Å²) in [4.78, 5) is 8.19. The monoisotopic (exact) mass is 375 g/mol. The van der Waals surface area contributed by atoms with Crippen LogP contribution < -0.4 is 11.5 Å². The molecule has 1 aromatic heterocycles. The average Bonchev–Trinajstić information content (AvgIpc) is 2.65. The molecule has 1 heterocycles.